The third-order valence-corrected chi connectivity index (χ3v) is 8.99. The van der Waals surface area contributed by atoms with E-state index in [1.165, 1.54) is 6.92 Å². The van der Waals surface area contributed by atoms with Crippen LogP contribution in [-0.4, -0.2) is 54.4 Å². The minimum absolute atomic E-state index is 0.0790. The third kappa shape index (κ3) is 11.4. The van der Waals surface area contributed by atoms with E-state index in [9.17, 15) is 24.3 Å². The summed E-state index contributed by atoms with van der Waals surface area (Å²) in [6.45, 7) is 1.54. The molecular formula is C35H48N6O6. The van der Waals surface area contributed by atoms with Crippen LogP contribution >= 0.6 is 0 Å². The van der Waals surface area contributed by atoms with Gasteiger partial charge in [0.2, 0.25) is 17.7 Å². The summed E-state index contributed by atoms with van der Waals surface area (Å²) in [5.74, 6) is -2.18. The Bertz CT molecular complexity index is 1400. The van der Waals surface area contributed by atoms with Crippen molar-refractivity contribution in [3.8, 4) is 0 Å². The highest BCUT2D eigenvalue weighted by atomic mass is 16.5. The van der Waals surface area contributed by atoms with Crippen molar-refractivity contribution in [1.29, 1.82) is 0 Å². The SMILES string of the molecule is CC(=O)N[C@@H](Cc1ccc(N)cc1)C(=O)N[C@H](C(=O)N[C@@H](Cc1ccc[n+](C)c1)/C([O-])=N/C(=O)OCC1CCCC1)C1CCCCC1. The van der Waals surface area contributed by atoms with Crippen LogP contribution in [0.2, 0.25) is 0 Å². The molecule has 0 saturated heterocycles. The predicted molar refractivity (Wildman–Crippen MR) is 175 cm³/mol. The van der Waals surface area contributed by atoms with E-state index in [0.717, 1.165) is 56.1 Å². The van der Waals surface area contributed by atoms with Gasteiger partial charge in [0.05, 0.1) is 12.6 Å². The molecule has 2 aliphatic carbocycles. The molecule has 0 spiro atoms. The zero-order valence-electron chi connectivity index (χ0n) is 27.4. The van der Waals surface area contributed by atoms with Gasteiger partial charge in [-0.2, -0.15) is 4.99 Å². The molecule has 1 aromatic carbocycles. The monoisotopic (exact) mass is 648 g/mol. The number of anilines is 1. The minimum atomic E-state index is -1.17. The first-order valence-electron chi connectivity index (χ1n) is 16.7. The summed E-state index contributed by atoms with van der Waals surface area (Å²) < 4.78 is 7.11. The van der Waals surface area contributed by atoms with Crippen molar-refractivity contribution in [3.63, 3.8) is 0 Å². The van der Waals surface area contributed by atoms with Crippen molar-refractivity contribution < 1.29 is 33.6 Å². The van der Waals surface area contributed by atoms with Crippen molar-refractivity contribution in [3.05, 3.63) is 59.9 Å². The lowest BCUT2D eigenvalue weighted by Crippen LogP contribution is -2.59. The van der Waals surface area contributed by atoms with Crippen LogP contribution in [0.4, 0.5) is 10.5 Å². The van der Waals surface area contributed by atoms with E-state index in [1.54, 1.807) is 24.3 Å². The van der Waals surface area contributed by atoms with Crippen molar-refractivity contribution in [2.24, 2.45) is 23.9 Å². The number of aromatic nitrogens is 1. The van der Waals surface area contributed by atoms with Gasteiger partial charge in [0, 0.05) is 37.1 Å². The Labute approximate surface area is 276 Å². The number of aryl methyl sites for hydroxylation is 1. The van der Waals surface area contributed by atoms with Gasteiger partial charge in [0.15, 0.2) is 12.4 Å². The van der Waals surface area contributed by atoms with E-state index in [4.69, 9.17) is 10.5 Å². The van der Waals surface area contributed by atoms with Crippen LogP contribution in [0.15, 0.2) is 53.8 Å². The number of amides is 4. The molecule has 0 radical (unpaired) electrons. The van der Waals surface area contributed by atoms with Crippen molar-refractivity contribution in [1.82, 2.24) is 16.0 Å². The number of hydrogen-bond donors (Lipinski definition) is 4. The molecule has 1 aromatic heterocycles. The molecule has 47 heavy (non-hydrogen) atoms. The zero-order chi connectivity index (χ0) is 33.8. The molecule has 4 rings (SSSR count). The number of hydrogen-bond acceptors (Lipinski definition) is 7. The average molecular weight is 649 g/mol. The number of carbonyl (C=O) groups is 4. The summed E-state index contributed by atoms with van der Waals surface area (Å²) >= 11 is 0. The van der Waals surface area contributed by atoms with Crippen LogP contribution in [0.5, 0.6) is 0 Å². The molecule has 3 atom stereocenters. The van der Waals surface area contributed by atoms with Crippen LogP contribution in [0.3, 0.4) is 0 Å². The fourth-order valence-corrected chi connectivity index (χ4v) is 6.50. The highest BCUT2D eigenvalue weighted by Crippen LogP contribution is 2.27. The summed E-state index contributed by atoms with van der Waals surface area (Å²) in [5, 5.41) is 21.8. The second kappa shape index (κ2) is 17.4. The molecule has 0 aliphatic heterocycles. The highest BCUT2D eigenvalue weighted by Gasteiger charge is 2.34. The van der Waals surface area contributed by atoms with E-state index >= 15 is 0 Å². The van der Waals surface area contributed by atoms with Crippen LogP contribution < -0.4 is 31.4 Å². The molecule has 1 heterocycles. The standard InChI is InChI=1S/C35H48N6O6/c1-23(42)37-29(19-24-14-16-28(36)17-15-24)32(43)39-31(27-12-4-3-5-13-27)34(45)38-30(20-26-11-8-18-41(2)21-26)33(44)40-35(46)47-22-25-9-6-7-10-25/h8,11,14-18,21,25,27,29-31H,3-7,9-10,12-13,19-20,22,36H2,1-2H3,(H3-,37,38,39,40,42,43,44,45,46)/t29-,30-,31-/m0/s1. The molecule has 0 unspecified atom stereocenters. The van der Waals surface area contributed by atoms with Gasteiger partial charge in [-0.1, -0.05) is 44.2 Å². The number of benzene rings is 1. The number of nitrogens with zero attached hydrogens (tertiary/aromatic N) is 2. The van der Waals surface area contributed by atoms with E-state index < -0.39 is 41.9 Å². The number of carbonyl (C=O) groups excluding carboxylic acids is 4. The Balaban J connectivity index is 1.54. The second-order valence-electron chi connectivity index (χ2n) is 12.9. The van der Waals surface area contributed by atoms with Gasteiger partial charge in [-0.05, 0) is 67.2 Å². The fraction of sp³-hybridized carbons (Fsp3) is 0.543. The van der Waals surface area contributed by atoms with Crippen LogP contribution in [-0.2, 0) is 39.0 Å². The smallest absolute Gasteiger partial charge is 0.432 e. The Kier molecular flexibility index (Phi) is 13.1. The first-order chi connectivity index (χ1) is 22.6. The maximum absolute atomic E-state index is 14.0. The van der Waals surface area contributed by atoms with Crippen molar-refractivity contribution in [2.75, 3.05) is 12.3 Å². The second-order valence-corrected chi connectivity index (χ2v) is 12.9. The molecule has 2 saturated carbocycles. The Morgan fingerprint density at radius 1 is 0.894 bits per heavy atom. The minimum Gasteiger partial charge on any atom is -0.860 e. The number of nitrogens with two attached hydrogens (primary N) is 1. The van der Waals surface area contributed by atoms with Gasteiger partial charge in [0.25, 0.3) is 0 Å². The fourth-order valence-electron chi connectivity index (χ4n) is 6.50. The molecule has 2 fully saturated rings. The van der Waals surface area contributed by atoms with Gasteiger partial charge < -0.3 is 31.5 Å². The molecule has 4 amide bonds. The van der Waals surface area contributed by atoms with Gasteiger partial charge in [0.1, 0.15) is 19.1 Å². The topological polar surface area (TPSA) is 179 Å². The summed E-state index contributed by atoms with van der Waals surface area (Å²) in [6.07, 6.45) is 11.3. The molecule has 254 valence electrons. The van der Waals surface area contributed by atoms with Crippen LogP contribution in [0.25, 0.3) is 0 Å². The summed E-state index contributed by atoms with van der Waals surface area (Å²) in [6, 6.07) is 7.55. The molecule has 12 nitrogen and oxygen atoms in total. The largest absolute Gasteiger partial charge is 0.860 e. The van der Waals surface area contributed by atoms with Crippen molar-refractivity contribution in [2.45, 2.75) is 95.7 Å². The maximum atomic E-state index is 14.0. The average Bonchev–Trinajstić information content (AvgIpc) is 3.57. The Morgan fingerprint density at radius 2 is 1.55 bits per heavy atom. The quantitative estimate of drug-likeness (QED) is 0.111. The van der Waals surface area contributed by atoms with E-state index in [2.05, 4.69) is 20.9 Å². The Hall–Kier alpha value is -4.48. The molecule has 0 bridgehead atoms. The van der Waals surface area contributed by atoms with Gasteiger partial charge in [-0.3, -0.25) is 14.4 Å². The number of ether oxygens (including phenoxy) is 1. The van der Waals surface area contributed by atoms with Gasteiger partial charge in [-0.15, -0.1) is 0 Å². The van der Waals surface area contributed by atoms with Gasteiger partial charge >= 0.3 is 6.09 Å². The van der Waals surface area contributed by atoms with Crippen LogP contribution in [0, 0.1) is 11.8 Å². The summed E-state index contributed by atoms with van der Waals surface area (Å²) in [5.41, 5.74) is 7.92. The van der Waals surface area contributed by atoms with Crippen molar-refractivity contribution >= 4 is 35.4 Å². The number of nitrogen functional groups attached to an aromatic ring is 1. The van der Waals surface area contributed by atoms with Gasteiger partial charge in [-0.25, -0.2) is 9.36 Å². The molecular weight excluding hydrogens is 600 g/mol. The maximum Gasteiger partial charge on any atom is 0.432 e. The lowest BCUT2D eigenvalue weighted by Gasteiger charge is -2.33. The van der Waals surface area contributed by atoms with Crippen LogP contribution in [0.1, 0.15) is 75.8 Å². The summed E-state index contributed by atoms with van der Waals surface area (Å²) in [7, 11) is 1.84. The van der Waals surface area contributed by atoms with E-state index in [0.29, 0.717) is 18.5 Å². The molecule has 2 aliphatic rings. The van der Waals surface area contributed by atoms with E-state index in [1.807, 2.05) is 36.1 Å². The lowest BCUT2D eigenvalue weighted by atomic mass is 9.83. The number of aliphatic imine (C=N–C) groups is 1. The third-order valence-electron chi connectivity index (χ3n) is 8.99. The lowest BCUT2D eigenvalue weighted by molar-refractivity contribution is -0.671. The Morgan fingerprint density at radius 3 is 2.21 bits per heavy atom. The first kappa shape index (κ1) is 35.4. The molecule has 12 heteroatoms. The molecule has 5 N–H and O–H groups in total. The normalized spacial score (nSPS) is 17.7. The highest BCUT2D eigenvalue weighted by molar-refractivity contribution is 5.95. The first-order valence-corrected chi connectivity index (χ1v) is 16.7. The molecule has 2 aromatic rings. The predicted octanol–water partition coefficient (Wildman–Crippen LogP) is 2.02. The number of rotatable bonds is 13. The zero-order valence-corrected chi connectivity index (χ0v) is 27.4. The number of pyridine rings is 1. The summed E-state index contributed by atoms with van der Waals surface area (Å²) in [4.78, 5) is 56.0. The number of nitrogens with one attached hydrogen (secondary N) is 3. The van der Waals surface area contributed by atoms with E-state index in [-0.39, 0.29) is 37.2 Å².